The van der Waals surface area contributed by atoms with Crippen LogP contribution in [-0.2, 0) is 28.9 Å². The number of hydrogen-bond acceptors (Lipinski definition) is 3. The lowest BCUT2D eigenvalue weighted by Crippen LogP contribution is -2.29. The Balaban J connectivity index is 2.11. The minimum Gasteiger partial charge on any atom is -0.479 e. The molecule has 0 saturated carbocycles. The fourth-order valence-corrected chi connectivity index (χ4v) is 2.27. The molecule has 1 aromatic heterocycles. The van der Waals surface area contributed by atoms with Gasteiger partial charge < -0.3 is 14.4 Å². The molecule has 1 aliphatic carbocycles. The molecule has 17 heavy (non-hydrogen) atoms. The Labute approximate surface area is 100 Å². The van der Waals surface area contributed by atoms with Gasteiger partial charge in [0.1, 0.15) is 0 Å². The van der Waals surface area contributed by atoms with Gasteiger partial charge in [0.2, 0.25) is 0 Å². The summed E-state index contributed by atoms with van der Waals surface area (Å²) < 4.78 is 7.15. The van der Waals surface area contributed by atoms with Gasteiger partial charge in [-0.1, -0.05) is 0 Å². The topological polar surface area (TPSA) is 64.4 Å². The Morgan fingerprint density at radius 3 is 3.06 bits per heavy atom. The number of ether oxygens (including phenoxy) is 1. The van der Waals surface area contributed by atoms with Gasteiger partial charge in [-0.2, -0.15) is 0 Å². The molecule has 1 atom stereocenters. The first-order valence-electron chi connectivity index (χ1n) is 6.09. The van der Waals surface area contributed by atoms with Crippen molar-refractivity contribution in [3.8, 4) is 0 Å². The zero-order valence-corrected chi connectivity index (χ0v) is 10.1. The van der Waals surface area contributed by atoms with E-state index >= 15 is 0 Å². The second-order valence-corrected chi connectivity index (χ2v) is 4.28. The number of carboxylic acids is 1. The third kappa shape index (κ3) is 2.66. The van der Waals surface area contributed by atoms with Crippen molar-refractivity contribution in [3.63, 3.8) is 0 Å². The largest absolute Gasteiger partial charge is 0.479 e. The van der Waals surface area contributed by atoms with Crippen LogP contribution in [0.3, 0.4) is 0 Å². The lowest BCUT2D eigenvalue weighted by Gasteiger charge is -2.17. The van der Waals surface area contributed by atoms with E-state index < -0.39 is 12.1 Å². The second-order valence-electron chi connectivity index (χ2n) is 4.28. The van der Waals surface area contributed by atoms with E-state index in [0.29, 0.717) is 13.2 Å². The fourth-order valence-electron chi connectivity index (χ4n) is 2.27. The van der Waals surface area contributed by atoms with Crippen LogP contribution < -0.4 is 0 Å². The summed E-state index contributed by atoms with van der Waals surface area (Å²) in [4.78, 5) is 15.4. The number of nitrogens with zero attached hydrogens (tertiary/aromatic N) is 2. The first-order chi connectivity index (χ1) is 8.22. The summed E-state index contributed by atoms with van der Waals surface area (Å²) in [6.45, 7) is 2.57. The Bertz CT molecular complexity index is 400. The minimum absolute atomic E-state index is 0.353. The summed E-state index contributed by atoms with van der Waals surface area (Å²) in [5, 5.41) is 9.05. The highest BCUT2D eigenvalue weighted by atomic mass is 16.5. The molecule has 5 nitrogen and oxygen atoms in total. The molecular weight excluding hydrogens is 220 g/mol. The summed E-state index contributed by atoms with van der Waals surface area (Å²) in [5.41, 5.74) is 2.30. The van der Waals surface area contributed by atoms with E-state index in [-0.39, 0.29) is 0 Å². The minimum atomic E-state index is -0.912. The molecule has 5 heteroatoms. The molecule has 1 aliphatic rings. The van der Waals surface area contributed by atoms with Crippen molar-refractivity contribution < 1.29 is 14.6 Å². The number of aryl methyl sites for hydroxylation is 1. The average molecular weight is 238 g/mol. The second kappa shape index (κ2) is 5.31. The van der Waals surface area contributed by atoms with Gasteiger partial charge in [-0.05, 0) is 32.6 Å². The quantitative estimate of drug-likeness (QED) is 0.838. The highest BCUT2D eigenvalue weighted by molar-refractivity contribution is 5.72. The SMILES string of the molecule is CCOC(Cn1cnc2c1CCCC2)C(=O)O. The predicted octanol–water partition coefficient (Wildman–Crippen LogP) is 1.25. The van der Waals surface area contributed by atoms with Gasteiger partial charge in [0.25, 0.3) is 0 Å². The Kier molecular flexibility index (Phi) is 3.78. The zero-order chi connectivity index (χ0) is 12.3. The smallest absolute Gasteiger partial charge is 0.334 e. The zero-order valence-electron chi connectivity index (χ0n) is 10.1. The number of carboxylic acid groups (broad SMARTS) is 1. The van der Waals surface area contributed by atoms with Gasteiger partial charge in [0, 0.05) is 12.3 Å². The molecule has 0 radical (unpaired) electrons. The van der Waals surface area contributed by atoms with Crippen molar-refractivity contribution >= 4 is 5.97 Å². The molecule has 0 amide bonds. The number of rotatable bonds is 5. The Hall–Kier alpha value is -1.36. The van der Waals surface area contributed by atoms with Crippen molar-refractivity contribution in [2.45, 2.75) is 45.3 Å². The van der Waals surface area contributed by atoms with Crippen LogP contribution in [0, 0.1) is 0 Å². The molecule has 1 heterocycles. The van der Waals surface area contributed by atoms with Crippen molar-refractivity contribution in [2.75, 3.05) is 6.61 Å². The summed E-state index contributed by atoms with van der Waals surface area (Å²) >= 11 is 0. The molecule has 0 aliphatic heterocycles. The van der Waals surface area contributed by atoms with Crippen LogP contribution in [0.4, 0.5) is 0 Å². The summed E-state index contributed by atoms with van der Waals surface area (Å²) in [6.07, 6.45) is 5.30. The summed E-state index contributed by atoms with van der Waals surface area (Å²) in [7, 11) is 0. The van der Waals surface area contributed by atoms with Crippen LogP contribution in [0.25, 0.3) is 0 Å². The molecule has 0 bridgehead atoms. The van der Waals surface area contributed by atoms with E-state index in [9.17, 15) is 4.79 Å². The normalized spacial score (nSPS) is 16.5. The van der Waals surface area contributed by atoms with E-state index in [0.717, 1.165) is 25.0 Å². The van der Waals surface area contributed by atoms with Crippen LogP contribution >= 0.6 is 0 Å². The first kappa shape index (κ1) is 12.1. The standard InChI is InChI=1S/C12H18N2O3/c1-2-17-11(12(15)16)7-14-8-13-9-5-3-4-6-10(9)14/h8,11H,2-7H2,1H3,(H,15,16). The molecule has 1 N–H and O–H groups in total. The van der Waals surface area contributed by atoms with Crippen LogP contribution in [0.1, 0.15) is 31.2 Å². The van der Waals surface area contributed by atoms with E-state index in [1.165, 1.54) is 12.1 Å². The average Bonchev–Trinajstić information content (AvgIpc) is 2.72. The van der Waals surface area contributed by atoms with Crippen LogP contribution in [0.2, 0.25) is 0 Å². The Morgan fingerprint density at radius 1 is 1.59 bits per heavy atom. The monoisotopic (exact) mass is 238 g/mol. The van der Waals surface area contributed by atoms with Gasteiger partial charge in [-0.25, -0.2) is 9.78 Å². The van der Waals surface area contributed by atoms with Gasteiger partial charge in [0.15, 0.2) is 6.10 Å². The van der Waals surface area contributed by atoms with Crippen molar-refractivity contribution in [1.29, 1.82) is 0 Å². The van der Waals surface area contributed by atoms with Crippen LogP contribution in [0.15, 0.2) is 6.33 Å². The van der Waals surface area contributed by atoms with Gasteiger partial charge >= 0.3 is 5.97 Å². The predicted molar refractivity (Wildman–Crippen MR) is 61.9 cm³/mol. The third-order valence-electron chi connectivity index (χ3n) is 3.12. The maximum Gasteiger partial charge on any atom is 0.334 e. The fraction of sp³-hybridized carbons (Fsp3) is 0.667. The number of imidazole rings is 1. The lowest BCUT2D eigenvalue weighted by molar-refractivity contribution is -0.151. The van der Waals surface area contributed by atoms with Crippen LogP contribution in [-0.4, -0.2) is 33.3 Å². The van der Waals surface area contributed by atoms with E-state index in [1.54, 1.807) is 13.3 Å². The number of aliphatic carboxylic acids is 1. The molecular formula is C12H18N2O3. The molecule has 0 fully saturated rings. The van der Waals surface area contributed by atoms with Crippen molar-refractivity contribution in [1.82, 2.24) is 9.55 Å². The van der Waals surface area contributed by atoms with Crippen molar-refractivity contribution in [2.24, 2.45) is 0 Å². The molecule has 0 aromatic carbocycles. The number of carbonyl (C=O) groups is 1. The van der Waals surface area contributed by atoms with E-state index in [2.05, 4.69) is 4.98 Å². The maximum absolute atomic E-state index is 11.0. The number of aromatic nitrogens is 2. The van der Waals surface area contributed by atoms with Gasteiger partial charge in [-0.15, -0.1) is 0 Å². The Morgan fingerprint density at radius 2 is 2.35 bits per heavy atom. The number of hydrogen-bond donors (Lipinski definition) is 1. The highest BCUT2D eigenvalue weighted by Gasteiger charge is 2.22. The van der Waals surface area contributed by atoms with E-state index in [1.807, 2.05) is 4.57 Å². The maximum atomic E-state index is 11.0. The van der Waals surface area contributed by atoms with Crippen molar-refractivity contribution in [3.05, 3.63) is 17.7 Å². The van der Waals surface area contributed by atoms with Gasteiger partial charge in [-0.3, -0.25) is 0 Å². The van der Waals surface area contributed by atoms with Crippen LogP contribution in [0.5, 0.6) is 0 Å². The first-order valence-corrected chi connectivity index (χ1v) is 6.09. The van der Waals surface area contributed by atoms with Gasteiger partial charge in [0.05, 0.1) is 18.6 Å². The number of fused-ring (bicyclic) bond motifs is 1. The third-order valence-corrected chi connectivity index (χ3v) is 3.12. The molecule has 94 valence electrons. The summed E-state index contributed by atoms with van der Waals surface area (Å²) in [6, 6.07) is 0. The molecule has 0 saturated heterocycles. The van der Waals surface area contributed by atoms with E-state index in [4.69, 9.17) is 9.84 Å². The molecule has 2 rings (SSSR count). The lowest BCUT2D eigenvalue weighted by atomic mass is 10.0. The molecule has 1 aromatic rings. The molecule has 0 spiro atoms. The molecule has 1 unspecified atom stereocenters. The summed E-state index contributed by atoms with van der Waals surface area (Å²) in [5.74, 6) is -0.912. The highest BCUT2D eigenvalue weighted by Crippen LogP contribution is 2.20.